The van der Waals surface area contributed by atoms with E-state index in [-0.39, 0.29) is 18.2 Å². The molecule has 10 heteroatoms. The SMILES string of the molecule is COC(=O)c1ccc(N2C(=O)CC(N(CCN3CCOCC3)C(=O)c3cccs3)C2=O)cc1. The van der Waals surface area contributed by atoms with Gasteiger partial charge in [-0.05, 0) is 35.7 Å². The Bertz CT molecular complexity index is 1020. The van der Waals surface area contributed by atoms with Crippen LogP contribution in [-0.2, 0) is 19.1 Å². The molecule has 1 atom stereocenters. The predicted octanol–water partition coefficient (Wildman–Crippen LogP) is 1.64. The van der Waals surface area contributed by atoms with E-state index in [0.29, 0.717) is 42.4 Å². The summed E-state index contributed by atoms with van der Waals surface area (Å²) < 4.78 is 10.1. The van der Waals surface area contributed by atoms with Crippen LogP contribution in [0.4, 0.5) is 5.69 Å². The van der Waals surface area contributed by atoms with Gasteiger partial charge < -0.3 is 14.4 Å². The molecule has 1 unspecified atom stereocenters. The average Bonchev–Trinajstić information content (AvgIpc) is 3.48. The molecule has 0 aliphatic carbocycles. The number of anilines is 1. The Balaban J connectivity index is 1.54. The molecule has 2 aliphatic heterocycles. The lowest BCUT2D eigenvalue weighted by atomic mass is 10.2. The molecule has 3 heterocycles. The van der Waals surface area contributed by atoms with Gasteiger partial charge in [0.1, 0.15) is 6.04 Å². The van der Waals surface area contributed by atoms with Crippen LogP contribution in [-0.4, -0.2) is 86.0 Å². The number of methoxy groups -OCH3 is 1. The second-order valence-corrected chi connectivity index (χ2v) is 8.70. The van der Waals surface area contributed by atoms with E-state index in [1.165, 1.54) is 47.6 Å². The number of carbonyl (C=O) groups is 4. The topological polar surface area (TPSA) is 96.5 Å². The van der Waals surface area contributed by atoms with Gasteiger partial charge in [0.25, 0.3) is 11.8 Å². The summed E-state index contributed by atoms with van der Waals surface area (Å²) in [4.78, 5) is 56.5. The van der Waals surface area contributed by atoms with Crippen molar-refractivity contribution in [1.82, 2.24) is 9.80 Å². The minimum atomic E-state index is -0.881. The van der Waals surface area contributed by atoms with E-state index in [0.717, 1.165) is 18.0 Å². The number of esters is 1. The number of benzene rings is 1. The van der Waals surface area contributed by atoms with Crippen molar-refractivity contribution in [3.8, 4) is 0 Å². The number of hydrogen-bond acceptors (Lipinski definition) is 8. The number of rotatable bonds is 7. The molecule has 0 saturated carbocycles. The lowest BCUT2D eigenvalue weighted by molar-refractivity contribution is -0.122. The number of ether oxygens (including phenoxy) is 2. The van der Waals surface area contributed by atoms with Gasteiger partial charge >= 0.3 is 5.97 Å². The first kappa shape index (κ1) is 23.1. The number of nitrogens with zero attached hydrogens (tertiary/aromatic N) is 3. The normalized spacial score (nSPS) is 19.1. The summed E-state index contributed by atoms with van der Waals surface area (Å²) in [7, 11) is 1.28. The molecule has 9 nitrogen and oxygen atoms in total. The van der Waals surface area contributed by atoms with Gasteiger partial charge in [0.15, 0.2) is 0 Å². The first-order valence-electron chi connectivity index (χ1n) is 10.7. The summed E-state index contributed by atoms with van der Waals surface area (Å²) in [5.74, 6) is -1.59. The fraction of sp³-hybridized carbons (Fsp3) is 0.391. The van der Waals surface area contributed by atoms with E-state index in [2.05, 4.69) is 9.64 Å². The number of amides is 3. The lowest BCUT2D eigenvalue weighted by Gasteiger charge is -2.32. The van der Waals surface area contributed by atoms with Crippen molar-refractivity contribution in [2.75, 3.05) is 51.4 Å². The van der Waals surface area contributed by atoms with E-state index < -0.39 is 17.9 Å². The lowest BCUT2D eigenvalue weighted by Crippen LogP contribution is -2.49. The molecular formula is C23H25N3O6S. The third kappa shape index (κ3) is 4.97. The van der Waals surface area contributed by atoms with E-state index in [9.17, 15) is 19.2 Å². The largest absolute Gasteiger partial charge is 0.465 e. The highest BCUT2D eigenvalue weighted by molar-refractivity contribution is 7.12. The summed E-state index contributed by atoms with van der Waals surface area (Å²) in [5.41, 5.74) is 0.675. The third-order valence-corrected chi connectivity index (χ3v) is 6.66. The van der Waals surface area contributed by atoms with Crippen LogP contribution in [0, 0.1) is 0 Å². The maximum atomic E-state index is 13.3. The van der Waals surface area contributed by atoms with Gasteiger partial charge in [-0.15, -0.1) is 11.3 Å². The summed E-state index contributed by atoms with van der Waals surface area (Å²) in [6.07, 6.45) is -0.0855. The molecule has 1 aromatic heterocycles. The molecule has 1 aromatic carbocycles. The predicted molar refractivity (Wildman–Crippen MR) is 121 cm³/mol. The molecule has 2 aromatic rings. The maximum Gasteiger partial charge on any atom is 0.337 e. The van der Waals surface area contributed by atoms with Gasteiger partial charge in [0.05, 0.1) is 42.9 Å². The molecule has 0 bridgehead atoms. The molecule has 174 valence electrons. The average molecular weight is 472 g/mol. The zero-order valence-electron chi connectivity index (χ0n) is 18.3. The molecule has 0 spiro atoms. The highest BCUT2D eigenvalue weighted by Crippen LogP contribution is 2.28. The van der Waals surface area contributed by atoms with Crippen LogP contribution in [0.5, 0.6) is 0 Å². The molecule has 0 N–H and O–H groups in total. The van der Waals surface area contributed by atoms with Crippen LogP contribution in [0.1, 0.15) is 26.5 Å². The second kappa shape index (κ2) is 10.2. The fourth-order valence-corrected chi connectivity index (χ4v) is 4.69. The Labute approximate surface area is 195 Å². The molecular weight excluding hydrogens is 446 g/mol. The van der Waals surface area contributed by atoms with E-state index in [1.807, 2.05) is 5.38 Å². The summed E-state index contributed by atoms with van der Waals surface area (Å²) >= 11 is 1.31. The molecule has 2 saturated heterocycles. The number of thiophene rings is 1. The van der Waals surface area contributed by atoms with Gasteiger partial charge in [0.2, 0.25) is 5.91 Å². The number of carbonyl (C=O) groups excluding carboxylic acids is 4. The fourth-order valence-electron chi connectivity index (χ4n) is 4.01. The van der Waals surface area contributed by atoms with Crippen LogP contribution in [0.25, 0.3) is 0 Å². The summed E-state index contributed by atoms with van der Waals surface area (Å²) in [6, 6.07) is 8.69. The monoisotopic (exact) mass is 471 g/mol. The van der Waals surface area contributed by atoms with Crippen molar-refractivity contribution >= 4 is 40.7 Å². The van der Waals surface area contributed by atoms with Crippen molar-refractivity contribution in [3.05, 3.63) is 52.2 Å². The second-order valence-electron chi connectivity index (χ2n) is 7.76. The third-order valence-electron chi connectivity index (χ3n) is 5.80. The van der Waals surface area contributed by atoms with Gasteiger partial charge in [-0.25, -0.2) is 9.69 Å². The number of morpholine rings is 1. The van der Waals surface area contributed by atoms with Crippen molar-refractivity contribution in [1.29, 1.82) is 0 Å². The number of imide groups is 1. The van der Waals surface area contributed by atoms with E-state index >= 15 is 0 Å². The van der Waals surface area contributed by atoms with E-state index in [1.54, 1.807) is 12.1 Å². The van der Waals surface area contributed by atoms with Crippen LogP contribution in [0.3, 0.4) is 0 Å². The van der Waals surface area contributed by atoms with Crippen molar-refractivity contribution in [3.63, 3.8) is 0 Å². The Morgan fingerprint density at radius 2 is 1.88 bits per heavy atom. The summed E-state index contributed by atoms with van der Waals surface area (Å²) in [6.45, 7) is 3.71. The molecule has 33 heavy (non-hydrogen) atoms. The quantitative estimate of drug-likeness (QED) is 0.447. The maximum absolute atomic E-state index is 13.3. The van der Waals surface area contributed by atoms with Gasteiger partial charge in [-0.1, -0.05) is 6.07 Å². The minimum Gasteiger partial charge on any atom is -0.465 e. The summed E-state index contributed by atoms with van der Waals surface area (Å²) in [5, 5.41) is 1.81. The van der Waals surface area contributed by atoms with Gasteiger partial charge in [0, 0.05) is 26.2 Å². The van der Waals surface area contributed by atoms with Crippen molar-refractivity contribution < 1.29 is 28.7 Å². The Kier molecular flexibility index (Phi) is 7.17. The molecule has 3 amide bonds. The molecule has 2 fully saturated rings. The van der Waals surface area contributed by atoms with E-state index in [4.69, 9.17) is 4.74 Å². The molecule has 2 aliphatic rings. The number of hydrogen-bond donors (Lipinski definition) is 0. The van der Waals surface area contributed by atoms with Crippen molar-refractivity contribution in [2.24, 2.45) is 0 Å². The van der Waals surface area contributed by atoms with Crippen molar-refractivity contribution in [2.45, 2.75) is 12.5 Å². The molecule has 0 radical (unpaired) electrons. The van der Waals surface area contributed by atoms with Crippen LogP contribution in [0.15, 0.2) is 41.8 Å². The van der Waals surface area contributed by atoms with Crippen LogP contribution >= 0.6 is 11.3 Å². The first-order chi connectivity index (χ1) is 16.0. The van der Waals surface area contributed by atoms with Crippen LogP contribution < -0.4 is 4.90 Å². The van der Waals surface area contributed by atoms with Gasteiger partial charge in [-0.3, -0.25) is 19.3 Å². The highest BCUT2D eigenvalue weighted by atomic mass is 32.1. The minimum absolute atomic E-state index is 0.0855. The highest BCUT2D eigenvalue weighted by Gasteiger charge is 2.44. The van der Waals surface area contributed by atoms with Gasteiger partial charge in [-0.2, -0.15) is 0 Å². The smallest absolute Gasteiger partial charge is 0.337 e. The first-order valence-corrected chi connectivity index (χ1v) is 11.6. The Hall–Kier alpha value is -3.08. The van der Waals surface area contributed by atoms with Crippen LogP contribution in [0.2, 0.25) is 0 Å². The zero-order valence-corrected chi connectivity index (χ0v) is 19.1. The zero-order chi connectivity index (χ0) is 23.4. The standard InChI is InChI=1S/C23H25N3O6S/c1-31-23(30)16-4-6-17(7-5-16)26-20(27)15-18(21(26)28)25(22(29)19-3-2-14-33-19)9-8-24-10-12-32-13-11-24/h2-7,14,18H,8-13,15H2,1H3. The Morgan fingerprint density at radius 3 is 2.52 bits per heavy atom. The Morgan fingerprint density at radius 1 is 1.15 bits per heavy atom. The molecule has 4 rings (SSSR count).